The van der Waals surface area contributed by atoms with Crippen molar-refractivity contribution in [2.45, 2.75) is 40.0 Å². The van der Waals surface area contributed by atoms with Crippen LogP contribution in [0.15, 0.2) is 47.6 Å². The molecule has 2 aromatic carbocycles. The number of phenolic OH excluding ortho intramolecular Hbond substituents is 3. The Morgan fingerprint density at radius 3 is 2.09 bits per heavy atom. The average Bonchev–Trinajstić information content (AvgIpc) is 2.72. The molecular weight excluding hydrogens is 428 g/mol. The van der Waals surface area contributed by atoms with Crippen LogP contribution >= 0.6 is 0 Å². The molecule has 0 unspecified atom stereocenters. The van der Waals surface area contributed by atoms with Crippen molar-refractivity contribution in [2.24, 2.45) is 0 Å². The highest BCUT2D eigenvalue weighted by Crippen LogP contribution is 2.36. The van der Waals surface area contributed by atoms with E-state index >= 15 is 0 Å². The van der Waals surface area contributed by atoms with Gasteiger partial charge < -0.3 is 25.5 Å². The van der Waals surface area contributed by atoms with Crippen LogP contribution in [0.2, 0.25) is 0 Å². The third kappa shape index (κ3) is 6.00. The molecule has 0 aliphatic carbocycles. The number of hydrogen-bond donors (Lipinski definition) is 5. The summed E-state index contributed by atoms with van der Waals surface area (Å²) >= 11 is 0. The SMILES string of the molecule is CC(C)=CCCC(C)=CCc1ccc(O)c(C(=O)c2c(O)cc(C(=O)O)cc2C(=O)O)c1O. The summed E-state index contributed by atoms with van der Waals surface area (Å²) in [4.78, 5) is 35.9. The lowest BCUT2D eigenvalue weighted by atomic mass is 9.92. The van der Waals surface area contributed by atoms with Crippen LogP contribution in [0.3, 0.4) is 0 Å². The maximum atomic E-state index is 13.1. The molecule has 0 aliphatic rings. The predicted molar refractivity (Wildman–Crippen MR) is 121 cm³/mol. The minimum atomic E-state index is -1.65. The fourth-order valence-electron chi connectivity index (χ4n) is 3.27. The van der Waals surface area contributed by atoms with E-state index in [2.05, 4.69) is 6.08 Å². The monoisotopic (exact) mass is 454 g/mol. The molecule has 33 heavy (non-hydrogen) atoms. The van der Waals surface area contributed by atoms with Gasteiger partial charge in [-0.1, -0.05) is 29.4 Å². The first kappa shape index (κ1) is 25.2. The van der Waals surface area contributed by atoms with Crippen LogP contribution in [-0.4, -0.2) is 43.3 Å². The number of carbonyl (C=O) groups is 3. The molecule has 8 heteroatoms. The van der Waals surface area contributed by atoms with Gasteiger partial charge in [-0.05, 0) is 63.8 Å². The van der Waals surface area contributed by atoms with E-state index in [4.69, 9.17) is 5.11 Å². The Hall–Kier alpha value is -4.07. The minimum Gasteiger partial charge on any atom is -0.507 e. The van der Waals surface area contributed by atoms with Gasteiger partial charge in [0.15, 0.2) is 0 Å². The molecule has 0 bridgehead atoms. The number of phenols is 3. The summed E-state index contributed by atoms with van der Waals surface area (Å²) in [6, 6.07) is 4.09. The first-order chi connectivity index (χ1) is 15.4. The zero-order chi connectivity index (χ0) is 24.9. The number of carboxylic acids is 2. The fraction of sp³-hybridized carbons (Fsp3) is 0.240. The highest BCUT2D eigenvalue weighted by Gasteiger charge is 2.29. The van der Waals surface area contributed by atoms with Gasteiger partial charge in [-0.2, -0.15) is 0 Å². The molecule has 0 spiro atoms. The second-order valence-corrected chi connectivity index (χ2v) is 7.90. The summed E-state index contributed by atoms with van der Waals surface area (Å²) in [6.07, 6.45) is 5.90. The molecule has 0 aromatic heterocycles. The Labute approximate surface area is 190 Å². The number of benzene rings is 2. The quantitative estimate of drug-likeness (QED) is 0.271. The van der Waals surface area contributed by atoms with Crippen molar-refractivity contribution in [1.29, 1.82) is 0 Å². The van der Waals surface area contributed by atoms with Gasteiger partial charge in [0.25, 0.3) is 0 Å². The van der Waals surface area contributed by atoms with Gasteiger partial charge in [0.05, 0.1) is 16.7 Å². The topological polar surface area (TPSA) is 152 Å². The van der Waals surface area contributed by atoms with Gasteiger partial charge in [-0.15, -0.1) is 0 Å². The van der Waals surface area contributed by atoms with Crippen molar-refractivity contribution in [3.05, 3.63) is 75.4 Å². The lowest BCUT2D eigenvalue weighted by molar-refractivity contribution is 0.0691. The molecule has 174 valence electrons. The molecule has 2 aromatic rings. The number of aromatic hydroxyl groups is 3. The van der Waals surface area contributed by atoms with Crippen LogP contribution in [0.1, 0.15) is 75.8 Å². The van der Waals surface area contributed by atoms with Crippen molar-refractivity contribution >= 4 is 17.7 Å². The molecule has 0 fully saturated rings. The van der Waals surface area contributed by atoms with Crippen LogP contribution < -0.4 is 0 Å². The van der Waals surface area contributed by atoms with E-state index in [0.717, 1.165) is 30.5 Å². The Kier molecular flexibility index (Phi) is 8.01. The summed E-state index contributed by atoms with van der Waals surface area (Å²) < 4.78 is 0. The lowest BCUT2D eigenvalue weighted by Gasteiger charge is -2.13. The summed E-state index contributed by atoms with van der Waals surface area (Å²) in [5.74, 6) is -6.34. The second-order valence-electron chi connectivity index (χ2n) is 7.90. The van der Waals surface area contributed by atoms with Crippen LogP contribution in [0.25, 0.3) is 0 Å². The summed E-state index contributed by atoms with van der Waals surface area (Å²) in [5.41, 5.74) is -0.0247. The van der Waals surface area contributed by atoms with E-state index < -0.39 is 57.2 Å². The molecule has 0 saturated carbocycles. The summed E-state index contributed by atoms with van der Waals surface area (Å²) in [5, 5.41) is 49.7. The zero-order valence-corrected chi connectivity index (χ0v) is 18.5. The Morgan fingerprint density at radius 2 is 1.52 bits per heavy atom. The normalized spacial score (nSPS) is 11.2. The third-order valence-corrected chi connectivity index (χ3v) is 5.05. The van der Waals surface area contributed by atoms with E-state index in [1.54, 1.807) is 0 Å². The van der Waals surface area contributed by atoms with Gasteiger partial charge in [0.2, 0.25) is 5.78 Å². The van der Waals surface area contributed by atoms with Gasteiger partial charge in [-0.25, -0.2) is 9.59 Å². The molecule has 0 amide bonds. The number of rotatable bonds is 9. The van der Waals surface area contributed by atoms with Crippen molar-refractivity contribution in [3.63, 3.8) is 0 Å². The van der Waals surface area contributed by atoms with Gasteiger partial charge >= 0.3 is 11.9 Å². The number of aromatic carboxylic acids is 2. The minimum absolute atomic E-state index is 0.253. The Balaban J connectivity index is 2.48. The zero-order valence-electron chi connectivity index (χ0n) is 18.5. The Bertz CT molecular complexity index is 1170. The van der Waals surface area contributed by atoms with Gasteiger partial charge in [0.1, 0.15) is 22.8 Å². The number of hydrogen-bond acceptors (Lipinski definition) is 6. The average molecular weight is 454 g/mol. The highest BCUT2D eigenvalue weighted by atomic mass is 16.4. The molecule has 0 heterocycles. The van der Waals surface area contributed by atoms with Crippen molar-refractivity contribution in [1.82, 2.24) is 0 Å². The smallest absolute Gasteiger partial charge is 0.336 e. The number of allylic oxidation sites excluding steroid dienone is 4. The van der Waals surface area contributed by atoms with Crippen molar-refractivity contribution in [3.8, 4) is 17.2 Å². The molecule has 0 atom stereocenters. The van der Waals surface area contributed by atoms with Gasteiger partial charge in [0, 0.05) is 0 Å². The van der Waals surface area contributed by atoms with Gasteiger partial charge in [-0.3, -0.25) is 4.79 Å². The molecule has 0 saturated heterocycles. The molecule has 8 nitrogen and oxygen atoms in total. The molecular formula is C25H26O8. The van der Waals surface area contributed by atoms with Crippen LogP contribution in [-0.2, 0) is 6.42 Å². The van der Waals surface area contributed by atoms with Crippen molar-refractivity contribution in [2.75, 3.05) is 0 Å². The van der Waals surface area contributed by atoms with E-state index in [9.17, 15) is 34.8 Å². The molecule has 0 aliphatic heterocycles. The van der Waals surface area contributed by atoms with Crippen LogP contribution in [0.4, 0.5) is 0 Å². The molecule has 2 rings (SSSR count). The maximum Gasteiger partial charge on any atom is 0.336 e. The predicted octanol–water partition coefficient (Wildman–Crippen LogP) is 4.67. The number of ketones is 1. The van der Waals surface area contributed by atoms with E-state index in [1.807, 2.05) is 26.8 Å². The van der Waals surface area contributed by atoms with Crippen LogP contribution in [0.5, 0.6) is 17.2 Å². The first-order valence-corrected chi connectivity index (χ1v) is 10.1. The van der Waals surface area contributed by atoms with Crippen molar-refractivity contribution < 1.29 is 39.9 Å². The third-order valence-electron chi connectivity index (χ3n) is 5.05. The van der Waals surface area contributed by atoms with Crippen LogP contribution in [0, 0.1) is 0 Å². The fourth-order valence-corrected chi connectivity index (χ4v) is 3.27. The molecule has 5 N–H and O–H groups in total. The van der Waals surface area contributed by atoms with E-state index in [1.165, 1.54) is 17.7 Å². The van der Waals surface area contributed by atoms with E-state index in [-0.39, 0.29) is 6.42 Å². The largest absolute Gasteiger partial charge is 0.507 e. The van der Waals surface area contributed by atoms with E-state index in [0.29, 0.717) is 5.56 Å². The molecule has 0 radical (unpaired) electrons. The first-order valence-electron chi connectivity index (χ1n) is 10.1. The highest BCUT2D eigenvalue weighted by molar-refractivity contribution is 6.19. The standard InChI is InChI=1S/C25H26O8/c1-13(2)5-4-6-14(3)7-8-15-9-10-18(26)21(22(15)28)23(29)20-17(25(32)33)11-16(24(30)31)12-19(20)27/h5,7,9-12,26-28H,4,6,8H2,1-3H3,(H,30,31)(H,32,33). The lowest BCUT2D eigenvalue weighted by Crippen LogP contribution is -2.13. The Morgan fingerprint density at radius 1 is 0.848 bits per heavy atom. The summed E-state index contributed by atoms with van der Waals surface area (Å²) in [6.45, 7) is 5.95. The summed E-state index contributed by atoms with van der Waals surface area (Å²) in [7, 11) is 0. The maximum absolute atomic E-state index is 13.1. The second kappa shape index (κ2) is 10.5. The number of carboxylic acid groups (broad SMARTS) is 2. The number of carbonyl (C=O) groups excluding carboxylic acids is 1.